The Morgan fingerprint density at radius 1 is 1.24 bits per heavy atom. The zero-order chi connectivity index (χ0) is 14.4. The number of carbonyl (C=O) groups excluding carboxylic acids is 1. The number of Topliss-reactive ketones (excluding diaryl/α,β-unsaturated/α-hetero) is 1. The Balaban J connectivity index is 1.50. The van der Waals surface area contributed by atoms with Crippen molar-refractivity contribution in [1.82, 2.24) is 5.32 Å². The molecule has 3 heterocycles. The van der Waals surface area contributed by atoms with Crippen LogP contribution in [-0.4, -0.2) is 17.9 Å². The molecule has 0 amide bonds. The summed E-state index contributed by atoms with van der Waals surface area (Å²) in [5, 5.41) is 4.24. The van der Waals surface area contributed by atoms with E-state index in [0.29, 0.717) is 41.2 Å². The molecule has 2 unspecified atom stereocenters. The van der Waals surface area contributed by atoms with Crippen molar-refractivity contribution in [3.8, 4) is 0 Å². The highest BCUT2D eigenvalue weighted by Crippen LogP contribution is 2.33. The summed E-state index contributed by atoms with van der Waals surface area (Å²) < 4.78 is 18.7. The van der Waals surface area contributed by atoms with Gasteiger partial charge in [-0.2, -0.15) is 0 Å². The zero-order valence-corrected chi connectivity index (χ0v) is 11.8. The van der Waals surface area contributed by atoms with Gasteiger partial charge in [-0.1, -0.05) is 0 Å². The Morgan fingerprint density at radius 2 is 2.00 bits per heavy atom. The average molecular weight is 287 g/mol. The number of hydrogen-bond acceptors (Lipinski definition) is 3. The molecule has 0 saturated carbocycles. The van der Waals surface area contributed by atoms with Gasteiger partial charge in [0.25, 0.3) is 0 Å². The number of piperidine rings is 1. The van der Waals surface area contributed by atoms with Gasteiger partial charge in [-0.15, -0.1) is 0 Å². The lowest BCUT2D eigenvalue weighted by atomic mass is 9.88. The fraction of sp³-hybridized carbons (Fsp3) is 0.471. The maximum absolute atomic E-state index is 13.2. The number of fused-ring (bicyclic) bond motifs is 3. The molecule has 2 atom stereocenters. The molecule has 4 heteroatoms. The highest BCUT2D eigenvalue weighted by atomic mass is 19.1. The molecule has 0 radical (unpaired) electrons. The molecular weight excluding hydrogens is 269 g/mol. The number of rotatable bonds is 3. The first kappa shape index (κ1) is 13.0. The number of benzene rings is 1. The third-order valence-corrected chi connectivity index (χ3v) is 4.80. The number of nitrogens with one attached hydrogen (secondary N) is 1. The standard InChI is InChI=1S/C17H18FNO2/c18-12-1-4-16-11(8-12)9-17(21-16)15(20)7-10-5-13-2-3-14(6-10)19-13/h1,4,8-10,13-14,19H,2-3,5-7H2. The van der Waals surface area contributed by atoms with E-state index in [1.54, 1.807) is 12.1 Å². The van der Waals surface area contributed by atoms with Crippen LogP contribution in [0.3, 0.4) is 0 Å². The molecule has 2 saturated heterocycles. The van der Waals surface area contributed by atoms with Gasteiger partial charge in [0.2, 0.25) is 0 Å². The van der Waals surface area contributed by atoms with E-state index in [1.807, 2.05) is 0 Å². The van der Waals surface area contributed by atoms with Gasteiger partial charge in [0.15, 0.2) is 11.5 Å². The topological polar surface area (TPSA) is 42.2 Å². The van der Waals surface area contributed by atoms with Crippen molar-refractivity contribution in [2.24, 2.45) is 5.92 Å². The van der Waals surface area contributed by atoms with Gasteiger partial charge in [0.1, 0.15) is 11.4 Å². The van der Waals surface area contributed by atoms with Crippen molar-refractivity contribution >= 4 is 16.8 Å². The minimum atomic E-state index is -0.308. The van der Waals surface area contributed by atoms with E-state index in [-0.39, 0.29) is 11.6 Å². The summed E-state index contributed by atoms with van der Waals surface area (Å²) in [6.45, 7) is 0. The predicted octanol–water partition coefficient (Wildman–Crippen LogP) is 3.68. The molecule has 0 aliphatic carbocycles. The normalized spacial score (nSPS) is 28.1. The minimum Gasteiger partial charge on any atom is -0.453 e. The monoisotopic (exact) mass is 287 g/mol. The van der Waals surface area contributed by atoms with Crippen LogP contribution in [0, 0.1) is 11.7 Å². The van der Waals surface area contributed by atoms with Crippen molar-refractivity contribution < 1.29 is 13.6 Å². The molecule has 110 valence electrons. The quantitative estimate of drug-likeness (QED) is 0.876. The minimum absolute atomic E-state index is 0.0397. The van der Waals surface area contributed by atoms with E-state index in [9.17, 15) is 9.18 Å². The Hall–Kier alpha value is -1.68. The molecule has 3 nitrogen and oxygen atoms in total. The number of carbonyl (C=O) groups is 1. The van der Waals surface area contributed by atoms with Crippen LogP contribution in [0.25, 0.3) is 11.0 Å². The lowest BCUT2D eigenvalue weighted by molar-refractivity contribution is 0.0920. The van der Waals surface area contributed by atoms with Crippen molar-refractivity contribution in [1.29, 1.82) is 0 Å². The molecule has 2 aliphatic heterocycles. The van der Waals surface area contributed by atoms with E-state index < -0.39 is 0 Å². The molecule has 1 aromatic carbocycles. The van der Waals surface area contributed by atoms with Gasteiger partial charge in [0.05, 0.1) is 0 Å². The molecule has 2 aliphatic rings. The molecule has 21 heavy (non-hydrogen) atoms. The van der Waals surface area contributed by atoms with Crippen LogP contribution in [-0.2, 0) is 0 Å². The smallest absolute Gasteiger partial charge is 0.198 e. The van der Waals surface area contributed by atoms with Crippen LogP contribution < -0.4 is 5.32 Å². The Labute approximate surface area is 122 Å². The fourth-order valence-electron chi connectivity index (χ4n) is 3.86. The second-order valence-electron chi connectivity index (χ2n) is 6.40. The van der Waals surface area contributed by atoms with E-state index >= 15 is 0 Å². The van der Waals surface area contributed by atoms with E-state index in [1.165, 1.54) is 25.0 Å². The van der Waals surface area contributed by atoms with Gasteiger partial charge >= 0.3 is 0 Å². The summed E-state index contributed by atoms with van der Waals surface area (Å²) in [7, 11) is 0. The van der Waals surface area contributed by atoms with E-state index in [4.69, 9.17) is 4.42 Å². The maximum Gasteiger partial charge on any atom is 0.198 e. The van der Waals surface area contributed by atoms with Crippen molar-refractivity contribution in [3.05, 3.63) is 35.8 Å². The first-order chi connectivity index (χ1) is 10.2. The highest BCUT2D eigenvalue weighted by Gasteiger charge is 2.34. The van der Waals surface area contributed by atoms with Crippen LogP contribution in [0.1, 0.15) is 42.7 Å². The summed E-state index contributed by atoms with van der Waals surface area (Å²) in [6, 6.07) is 7.17. The second kappa shape index (κ2) is 4.95. The summed E-state index contributed by atoms with van der Waals surface area (Å²) in [4.78, 5) is 12.4. The van der Waals surface area contributed by atoms with Crippen molar-refractivity contribution in [2.75, 3.05) is 0 Å². The zero-order valence-electron chi connectivity index (χ0n) is 11.8. The molecule has 1 aromatic heterocycles. The molecular formula is C17H18FNO2. The van der Waals surface area contributed by atoms with Crippen LogP contribution in [0.15, 0.2) is 28.7 Å². The summed E-state index contributed by atoms with van der Waals surface area (Å²) >= 11 is 0. The van der Waals surface area contributed by atoms with Gasteiger partial charge in [-0.3, -0.25) is 4.79 Å². The lowest BCUT2D eigenvalue weighted by Crippen LogP contribution is -2.38. The first-order valence-electron chi connectivity index (χ1n) is 7.66. The van der Waals surface area contributed by atoms with Gasteiger partial charge in [-0.05, 0) is 55.9 Å². The van der Waals surface area contributed by atoms with Crippen LogP contribution in [0.4, 0.5) is 4.39 Å². The van der Waals surface area contributed by atoms with E-state index in [2.05, 4.69) is 5.32 Å². The van der Waals surface area contributed by atoms with Crippen LogP contribution in [0.5, 0.6) is 0 Å². The largest absolute Gasteiger partial charge is 0.453 e. The summed E-state index contributed by atoms with van der Waals surface area (Å²) in [5.41, 5.74) is 0.574. The lowest BCUT2D eigenvalue weighted by Gasteiger charge is -2.28. The van der Waals surface area contributed by atoms with Gasteiger partial charge < -0.3 is 9.73 Å². The summed E-state index contributed by atoms with van der Waals surface area (Å²) in [5.74, 6) is 0.540. The predicted molar refractivity (Wildman–Crippen MR) is 77.8 cm³/mol. The maximum atomic E-state index is 13.2. The van der Waals surface area contributed by atoms with Crippen molar-refractivity contribution in [2.45, 2.75) is 44.2 Å². The number of hydrogen-bond donors (Lipinski definition) is 1. The molecule has 2 aromatic rings. The van der Waals surface area contributed by atoms with Gasteiger partial charge in [-0.25, -0.2) is 4.39 Å². The van der Waals surface area contributed by atoms with Crippen LogP contribution in [0.2, 0.25) is 0 Å². The third kappa shape index (κ3) is 2.48. The molecule has 1 N–H and O–H groups in total. The molecule has 2 fully saturated rings. The van der Waals surface area contributed by atoms with Crippen molar-refractivity contribution in [3.63, 3.8) is 0 Å². The average Bonchev–Trinajstić information content (AvgIpc) is 3.02. The Kier molecular flexibility index (Phi) is 3.07. The molecule has 2 bridgehead atoms. The second-order valence-corrected chi connectivity index (χ2v) is 6.40. The molecule has 4 rings (SSSR count). The Morgan fingerprint density at radius 3 is 2.76 bits per heavy atom. The first-order valence-corrected chi connectivity index (χ1v) is 7.66. The summed E-state index contributed by atoms with van der Waals surface area (Å²) in [6.07, 6.45) is 5.17. The number of furan rings is 1. The third-order valence-electron chi connectivity index (χ3n) is 4.80. The van der Waals surface area contributed by atoms with Crippen LogP contribution >= 0.6 is 0 Å². The number of halogens is 1. The number of ketones is 1. The highest BCUT2D eigenvalue weighted by molar-refractivity contribution is 5.97. The Bertz CT molecular complexity index is 681. The SMILES string of the molecule is O=C(CC1CC2CCC(C1)N2)c1cc2cc(F)ccc2o1. The fourth-order valence-corrected chi connectivity index (χ4v) is 3.86. The van der Waals surface area contributed by atoms with Gasteiger partial charge in [0, 0.05) is 23.9 Å². The molecule has 0 spiro atoms. The van der Waals surface area contributed by atoms with E-state index in [0.717, 1.165) is 12.8 Å².